The first kappa shape index (κ1) is 24.5. The Morgan fingerprint density at radius 3 is 2.70 bits per heavy atom. The third kappa shape index (κ3) is 4.68. The maximum atomic E-state index is 13.5. The number of halogens is 3. The summed E-state index contributed by atoms with van der Waals surface area (Å²) in [5, 5.41) is 4.71. The maximum Gasteiger partial charge on any atom is 0.408 e. The Hall–Kier alpha value is -4.16. The van der Waals surface area contributed by atoms with Crippen LogP contribution in [0.15, 0.2) is 35.0 Å². The fraction of sp³-hybridized carbons (Fsp3) is 0.375. The van der Waals surface area contributed by atoms with Gasteiger partial charge in [-0.15, -0.1) is 0 Å². The third-order valence-corrected chi connectivity index (χ3v) is 6.43. The number of hydrogen-bond donors (Lipinski definition) is 2. The number of carbonyl (C=O) groups excluding carboxylic acids is 2. The highest BCUT2D eigenvalue weighted by Gasteiger charge is 2.42. The molecule has 2 bridgehead atoms. The third-order valence-electron chi connectivity index (χ3n) is 6.43. The Morgan fingerprint density at radius 1 is 1.22 bits per heavy atom. The number of aryl methyl sites for hydroxylation is 2. The summed E-state index contributed by atoms with van der Waals surface area (Å²) in [5.74, 6) is 0.534. The van der Waals surface area contributed by atoms with Crippen LogP contribution in [-0.4, -0.2) is 58.2 Å². The van der Waals surface area contributed by atoms with E-state index in [1.165, 1.54) is 17.2 Å². The van der Waals surface area contributed by atoms with E-state index in [9.17, 15) is 22.8 Å². The van der Waals surface area contributed by atoms with Gasteiger partial charge < -0.3 is 14.6 Å². The zero-order valence-corrected chi connectivity index (χ0v) is 20.3. The van der Waals surface area contributed by atoms with Crippen LogP contribution in [0.2, 0.25) is 0 Å². The van der Waals surface area contributed by atoms with Gasteiger partial charge in [0.15, 0.2) is 17.5 Å². The number of aromatic nitrogens is 3. The second kappa shape index (κ2) is 9.05. The van der Waals surface area contributed by atoms with Crippen LogP contribution in [-0.2, 0) is 0 Å². The van der Waals surface area contributed by atoms with Crippen molar-refractivity contribution in [1.82, 2.24) is 20.3 Å². The van der Waals surface area contributed by atoms with Gasteiger partial charge in [0.2, 0.25) is 0 Å². The molecule has 1 fully saturated rings. The standard InChI is InChI=1S/C24H24F3N7O3/c1-12-8-17(22(35)30-13(2)24(25,26)27)31-21-20(12)33-7-5-16(11-33)34(21)23(36)32-19-9-15(4-6-28-19)18-10-29-14(3)37-18/h4,6,8-10,13,16H,5,7,11H2,1-3H3,(H,30,35)(H,28,32,36)/t13-,16+/m1/s1. The quantitative estimate of drug-likeness (QED) is 0.538. The van der Waals surface area contributed by atoms with Crippen LogP contribution in [0.5, 0.6) is 0 Å². The Morgan fingerprint density at radius 2 is 2.00 bits per heavy atom. The molecule has 0 saturated carbocycles. The van der Waals surface area contributed by atoms with E-state index in [1.54, 1.807) is 32.2 Å². The first-order valence-electron chi connectivity index (χ1n) is 11.6. The number of nitrogens with one attached hydrogen (secondary N) is 2. The lowest BCUT2D eigenvalue weighted by Gasteiger charge is -2.36. The Kier molecular flexibility index (Phi) is 6.00. The predicted octanol–water partition coefficient (Wildman–Crippen LogP) is 4.06. The molecule has 0 aliphatic carbocycles. The molecule has 13 heteroatoms. The van der Waals surface area contributed by atoms with Gasteiger partial charge >= 0.3 is 12.2 Å². The molecule has 194 valence electrons. The van der Waals surface area contributed by atoms with Crippen molar-refractivity contribution in [2.45, 2.75) is 45.5 Å². The molecule has 10 nitrogen and oxygen atoms in total. The largest absolute Gasteiger partial charge is 0.441 e. The molecule has 2 aliphatic heterocycles. The fourth-order valence-electron chi connectivity index (χ4n) is 4.58. The number of rotatable bonds is 4. The van der Waals surface area contributed by atoms with E-state index in [0.29, 0.717) is 48.0 Å². The molecule has 5 heterocycles. The normalized spacial score (nSPS) is 17.4. The van der Waals surface area contributed by atoms with Gasteiger partial charge in [0.05, 0.1) is 17.9 Å². The minimum absolute atomic E-state index is 0.200. The van der Waals surface area contributed by atoms with E-state index in [1.807, 2.05) is 5.32 Å². The zero-order valence-electron chi connectivity index (χ0n) is 20.3. The molecule has 2 aliphatic rings. The number of hydrogen-bond acceptors (Lipinski definition) is 7. The smallest absolute Gasteiger partial charge is 0.408 e. The van der Waals surface area contributed by atoms with Crippen LogP contribution >= 0.6 is 0 Å². The first-order chi connectivity index (χ1) is 17.5. The molecule has 37 heavy (non-hydrogen) atoms. The number of carbonyl (C=O) groups is 2. The molecular formula is C24H24F3N7O3. The van der Waals surface area contributed by atoms with Gasteiger partial charge in [-0.1, -0.05) is 0 Å². The minimum Gasteiger partial charge on any atom is -0.441 e. The summed E-state index contributed by atoms with van der Waals surface area (Å²) in [5.41, 5.74) is 1.77. The Labute approximate surface area is 209 Å². The Balaban J connectivity index is 1.45. The van der Waals surface area contributed by atoms with Crippen molar-refractivity contribution in [2.75, 3.05) is 28.2 Å². The molecule has 3 aromatic rings. The number of pyridine rings is 2. The lowest BCUT2D eigenvalue weighted by atomic mass is 10.1. The number of alkyl halides is 3. The molecule has 0 aromatic carbocycles. The van der Waals surface area contributed by atoms with Crippen LogP contribution < -0.4 is 20.4 Å². The molecule has 0 unspecified atom stereocenters. The molecular weight excluding hydrogens is 491 g/mol. The molecule has 3 aromatic heterocycles. The number of fused-ring (bicyclic) bond motifs is 4. The Bertz CT molecular complexity index is 1370. The molecule has 0 spiro atoms. The second-order valence-electron chi connectivity index (χ2n) is 9.10. The van der Waals surface area contributed by atoms with Gasteiger partial charge in [0.25, 0.3) is 5.91 Å². The van der Waals surface area contributed by atoms with Gasteiger partial charge in [-0.25, -0.2) is 19.7 Å². The van der Waals surface area contributed by atoms with E-state index in [-0.39, 0.29) is 23.4 Å². The molecule has 2 atom stereocenters. The molecule has 3 amide bonds. The lowest BCUT2D eigenvalue weighted by molar-refractivity contribution is -0.149. The summed E-state index contributed by atoms with van der Waals surface area (Å²) in [6, 6.07) is 2.01. The molecule has 1 saturated heterocycles. The monoisotopic (exact) mass is 515 g/mol. The molecule has 2 N–H and O–H groups in total. The maximum absolute atomic E-state index is 13.5. The van der Waals surface area contributed by atoms with Crippen molar-refractivity contribution in [3.05, 3.63) is 47.7 Å². The summed E-state index contributed by atoms with van der Waals surface area (Å²) >= 11 is 0. The van der Waals surface area contributed by atoms with Crippen molar-refractivity contribution in [3.8, 4) is 11.3 Å². The van der Waals surface area contributed by atoms with Crippen LogP contribution in [0.1, 0.15) is 35.3 Å². The summed E-state index contributed by atoms with van der Waals surface area (Å²) in [7, 11) is 0. The SMILES string of the molecule is Cc1ncc(-c2ccnc(NC(=O)N3c4nc(C(=O)N[C@H](C)C(F)(F)F)cc(C)c4N4CC[C@H]3C4)c2)o1. The summed E-state index contributed by atoms with van der Waals surface area (Å²) in [4.78, 5) is 42.3. The number of nitrogens with zero attached hydrogens (tertiary/aromatic N) is 5. The highest BCUT2D eigenvalue weighted by atomic mass is 19.4. The topological polar surface area (TPSA) is 116 Å². The summed E-state index contributed by atoms with van der Waals surface area (Å²) in [6.07, 6.45) is -0.831. The predicted molar refractivity (Wildman–Crippen MR) is 129 cm³/mol. The summed E-state index contributed by atoms with van der Waals surface area (Å²) in [6.45, 7) is 5.57. The summed E-state index contributed by atoms with van der Waals surface area (Å²) < 4.78 is 44.5. The highest BCUT2D eigenvalue weighted by Crippen LogP contribution is 2.41. The van der Waals surface area contributed by atoms with Crippen molar-refractivity contribution in [3.63, 3.8) is 0 Å². The number of urea groups is 1. The minimum atomic E-state index is -4.60. The van der Waals surface area contributed by atoms with E-state index < -0.39 is 24.2 Å². The van der Waals surface area contributed by atoms with E-state index in [0.717, 1.165) is 6.92 Å². The fourth-order valence-corrected chi connectivity index (χ4v) is 4.58. The van der Waals surface area contributed by atoms with Gasteiger partial charge in [0.1, 0.15) is 17.6 Å². The number of amides is 3. The van der Waals surface area contributed by atoms with E-state index in [2.05, 4.69) is 25.2 Å². The van der Waals surface area contributed by atoms with Gasteiger partial charge in [-0.2, -0.15) is 13.2 Å². The van der Waals surface area contributed by atoms with Gasteiger partial charge in [-0.05, 0) is 44.0 Å². The lowest BCUT2D eigenvalue weighted by Crippen LogP contribution is -2.49. The number of anilines is 3. The van der Waals surface area contributed by atoms with Gasteiger partial charge in [0, 0.05) is 31.8 Å². The second-order valence-corrected chi connectivity index (χ2v) is 9.10. The van der Waals surface area contributed by atoms with Crippen molar-refractivity contribution < 1.29 is 27.2 Å². The van der Waals surface area contributed by atoms with E-state index in [4.69, 9.17) is 4.42 Å². The zero-order chi connectivity index (χ0) is 26.5. The van der Waals surface area contributed by atoms with Gasteiger partial charge in [-0.3, -0.25) is 15.0 Å². The van der Waals surface area contributed by atoms with Crippen molar-refractivity contribution in [1.29, 1.82) is 0 Å². The van der Waals surface area contributed by atoms with Crippen molar-refractivity contribution >= 4 is 29.3 Å². The molecule has 5 rings (SSSR count). The van der Waals surface area contributed by atoms with Crippen LogP contribution in [0.25, 0.3) is 11.3 Å². The van der Waals surface area contributed by atoms with Crippen LogP contribution in [0.4, 0.5) is 35.3 Å². The van der Waals surface area contributed by atoms with Crippen molar-refractivity contribution in [2.24, 2.45) is 0 Å². The van der Waals surface area contributed by atoms with E-state index >= 15 is 0 Å². The number of oxazole rings is 1. The van der Waals surface area contributed by atoms with Crippen LogP contribution in [0.3, 0.4) is 0 Å². The average Bonchev–Trinajstić information content (AvgIpc) is 3.45. The first-order valence-corrected chi connectivity index (χ1v) is 11.6. The van der Waals surface area contributed by atoms with Crippen LogP contribution in [0, 0.1) is 13.8 Å². The highest BCUT2D eigenvalue weighted by molar-refractivity contribution is 6.05. The molecule has 0 radical (unpaired) electrons. The average molecular weight is 515 g/mol.